The minimum Gasteiger partial charge on any atom is -0.493 e. The monoisotopic (exact) mass is 362 g/mol. The van der Waals surface area contributed by atoms with Crippen molar-refractivity contribution in [3.05, 3.63) is 36.4 Å². The molecule has 6 heteroatoms. The minimum absolute atomic E-state index is 0.371. The molecule has 0 radical (unpaired) electrons. The van der Waals surface area contributed by atoms with E-state index >= 15 is 0 Å². The Bertz CT molecular complexity index is 828. The van der Waals surface area contributed by atoms with Crippen molar-refractivity contribution in [3.63, 3.8) is 0 Å². The van der Waals surface area contributed by atoms with E-state index in [0.717, 1.165) is 42.5 Å². The number of fused-ring (bicyclic) bond motifs is 1. The van der Waals surface area contributed by atoms with Gasteiger partial charge in [-0.2, -0.15) is 4.31 Å². The van der Waals surface area contributed by atoms with Gasteiger partial charge in [0, 0.05) is 37.0 Å². The first-order valence-corrected chi connectivity index (χ1v) is 10.3. The van der Waals surface area contributed by atoms with E-state index in [0.29, 0.717) is 24.6 Å². The summed E-state index contributed by atoms with van der Waals surface area (Å²) in [6.07, 6.45) is 2.05. The summed E-state index contributed by atoms with van der Waals surface area (Å²) in [5.41, 5.74) is 0. The van der Waals surface area contributed by atoms with Crippen molar-refractivity contribution in [1.29, 1.82) is 0 Å². The fourth-order valence-electron chi connectivity index (χ4n) is 3.09. The maximum atomic E-state index is 13.1. The maximum Gasteiger partial charge on any atom is 0.243 e. The Morgan fingerprint density at radius 3 is 2.36 bits per heavy atom. The molecule has 1 aliphatic rings. The summed E-state index contributed by atoms with van der Waals surface area (Å²) in [5, 5.41) is 1.59. The lowest BCUT2D eigenvalue weighted by Crippen LogP contribution is -2.47. The second-order valence-corrected chi connectivity index (χ2v) is 8.42. The predicted octanol–water partition coefficient (Wildman–Crippen LogP) is 2.95. The first-order chi connectivity index (χ1) is 12.0. The van der Waals surface area contributed by atoms with Crippen LogP contribution in [-0.4, -0.2) is 57.5 Å². The normalized spacial score (nSPS) is 17.0. The summed E-state index contributed by atoms with van der Waals surface area (Å²) >= 11 is 0. The summed E-state index contributed by atoms with van der Waals surface area (Å²) < 4.78 is 33.8. The van der Waals surface area contributed by atoms with Crippen LogP contribution in [0.4, 0.5) is 0 Å². The van der Waals surface area contributed by atoms with E-state index in [4.69, 9.17) is 4.74 Å². The van der Waals surface area contributed by atoms with Crippen LogP contribution in [0.3, 0.4) is 0 Å². The van der Waals surface area contributed by atoms with Crippen LogP contribution < -0.4 is 4.74 Å². The van der Waals surface area contributed by atoms with Gasteiger partial charge in [-0.15, -0.1) is 0 Å². The molecule has 0 bridgehead atoms. The molecule has 0 aromatic heterocycles. The van der Waals surface area contributed by atoms with Gasteiger partial charge in [-0.1, -0.05) is 37.6 Å². The predicted molar refractivity (Wildman–Crippen MR) is 101 cm³/mol. The van der Waals surface area contributed by atoms with Gasteiger partial charge in [0.05, 0.1) is 11.5 Å². The third kappa shape index (κ3) is 3.81. The quantitative estimate of drug-likeness (QED) is 0.742. The van der Waals surface area contributed by atoms with Crippen LogP contribution in [0.15, 0.2) is 41.3 Å². The Hall–Kier alpha value is -1.63. The molecule has 2 aromatic carbocycles. The number of hydrogen-bond acceptors (Lipinski definition) is 4. The van der Waals surface area contributed by atoms with Crippen LogP contribution in [0.2, 0.25) is 0 Å². The second-order valence-electron chi connectivity index (χ2n) is 6.52. The molecule has 0 atom stereocenters. The van der Waals surface area contributed by atoms with Gasteiger partial charge < -0.3 is 9.64 Å². The van der Waals surface area contributed by atoms with E-state index in [9.17, 15) is 8.42 Å². The van der Waals surface area contributed by atoms with Crippen molar-refractivity contribution in [1.82, 2.24) is 9.21 Å². The number of unbranched alkanes of at least 4 members (excludes halogenated alkanes) is 1. The van der Waals surface area contributed by atoms with Crippen molar-refractivity contribution < 1.29 is 13.2 Å². The number of piperazine rings is 1. The molecule has 0 unspecified atom stereocenters. The Morgan fingerprint density at radius 2 is 1.68 bits per heavy atom. The third-order valence-electron chi connectivity index (χ3n) is 4.68. The molecule has 0 spiro atoms. The highest BCUT2D eigenvalue weighted by atomic mass is 32.2. The van der Waals surface area contributed by atoms with Gasteiger partial charge in [-0.25, -0.2) is 8.42 Å². The Balaban J connectivity index is 1.98. The SMILES string of the molecule is CCCCOc1ccc(S(=O)(=O)N2CCN(C)CC2)c2ccccc12. The number of sulfonamides is 1. The Labute approximate surface area is 150 Å². The summed E-state index contributed by atoms with van der Waals surface area (Å²) in [5.74, 6) is 0.751. The van der Waals surface area contributed by atoms with Crippen molar-refractivity contribution in [2.24, 2.45) is 0 Å². The van der Waals surface area contributed by atoms with Gasteiger partial charge in [0.15, 0.2) is 0 Å². The fraction of sp³-hybridized carbons (Fsp3) is 0.474. The summed E-state index contributed by atoms with van der Waals surface area (Å²) in [4.78, 5) is 2.52. The Kier molecular flexibility index (Phi) is 5.61. The highest BCUT2D eigenvalue weighted by Gasteiger charge is 2.29. The van der Waals surface area contributed by atoms with Gasteiger partial charge in [-0.3, -0.25) is 0 Å². The molecule has 2 aromatic rings. The summed E-state index contributed by atoms with van der Waals surface area (Å²) in [6, 6.07) is 11.1. The zero-order valence-corrected chi connectivity index (χ0v) is 15.8. The first-order valence-electron chi connectivity index (χ1n) is 8.87. The van der Waals surface area contributed by atoms with Crippen LogP contribution in [0.1, 0.15) is 19.8 Å². The molecular weight excluding hydrogens is 336 g/mol. The fourth-order valence-corrected chi connectivity index (χ4v) is 4.71. The van der Waals surface area contributed by atoms with Gasteiger partial charge in [-0.05, 0) is 25.6 Å². The first kappa shape index (κ1) is 18.2. The zero-order valence-electron chi connectivity index (χ0n) is 14.9. The molecule has 3 rings (SSSR count). The molecule has 0 saturated carbocycles. The molecule has 1 saturated heterocycles. The highest BCUT2D eigenvalue weighted by Crippen LogP contribution is 2.32. The summed E-state index contributed by atoms with van der Waals surface area (Å²) in [6.45, 7) is 5.34. The molecule has 25 heavy (non-hydrogen) atoms. The zero-order chi connectivity index (χ0) is 17.9. The van der Waals surface area contributed by atoms with Gasteiger partial charge in [0.25, 0.3) is 0 Å². The van der Waals surface area contributed by atoms with Crippen LogP contribution in [0.5, 0.6) is 5.75 Å². The molecule has 0 aliphatic carbocycles. The molecule has 0 amide bonds. The van der Waals surface area contributed by atoms with Crippen LogP contribution >= 0.6 is 0 Å². The molecule has 1 fully saturated rings. The highest BCUT2D eigenvalue weighted by molar-refractivity contribution is 7.89. The lowest BCUT2D eigenvalue weighted by atomic mass is 10.1. The average molecular weight is 362 g/mol. The van der Waals surface area contributed by atoms with Crippen molar-refractivity contribution in [3.8, 4) is 5.75 Å². The molecular formula is C19H26N2O3S. The lowest BCUT2D eigenvalue weighted by Gasteiger charge is -2.31. The number of benzene rings is 2. The van der Waals surface area contributed by atoms with Crippen molar-refractivity contribution in [2.45, 2.75) is 24.7 Å². The van der Waals surface area contributed by atoms with E-state index in [-0.39, 0.29) is 0 Å². The van der Waals surface area contributed by atoms with Crippen molar-refractivity contribution >= 4 is 20.8 Å². The smallest absolute Gasteiger partial charge is 0.243 e. The maximum absolute atomic E-state index is 13.1. The van der Waals surface area contributed by atoms with E-state index in [1.807, 2.05) is 31.3 Å². The number of hydrogen-bond donors (Lipinski definition) is 0. The summed E-state index contributed by atoms with van der Waals surface area (Å²) in [7, 11) is -1.49. The van der Waals surface area contributed by atoms with Gasteiger partial charge >= 0.3 is 0 Å². The molecule has 1 heterocycles. The van der Waals surface area contributed by atoms with E-state index in [2.05, 4.69) is 11.8 Å². The number of nitrogens with zero attached hydrogens (tertiary/aromatic N) is 2. The lowest BCUT2D eigenvalue weighted by molar-refractivity contribution is 0.222. The second kappa shape index (κ2) is 7.72. The van der Waals surface area contributed by atoms with E-state index < -0.39 is 10.0 Å². The van der Waals surface area contributed by atoms with Gasteiger partial charge in [0.1, 0.15) is 5.75 Å². The molecule has 136 valence electrons. The van der Waals surface area contributed by atoms with E-state index in [1.165, 1.54) is 0 Å². The molecule has 1 aliphatic heterocycles. The molecule has 5 nitrogen and oxygen atoms in total. The average Bonchev–Trinajstić information content (AvgIpc) is 2.62. The minimum atomic E-state index is -3.50. The standard InChI is InChI=1S/C19H26N2O3S/c1-3-4-15-24-18-9-10-19(17-8-6-5-7-16(17)18)25(22,23)21-13-11-20(2)12-14-21/h5-10H,3-4,11-15H2,1-2H3. The van der Waals surface area contributed by atoms with Crippen LogP contribution in [0, 0.1) is 0 Å². The number of ether oxygens (including phenoxy) is 1. The molecule has 0 N–H and O–H groups in total. The topological polar surface area (TPSA) is 49.9 Å². The van der Waals surface area contributed by atoms with Crippen molar-refractivity contribution in [2.75, 3.05) is 39.8 Å². The van der Waals surface area contributed by atoms with Gasteiger partial charge in [0.2, 0.25) is 10.0 Å². The number of likely N-dealkylation sites (N-methyl/N-ethyl adjacent to an activating group) is 1. The van der Waals surface area contributed by atoms with Crippen LogP contribution in [-0.2, 0) is 10.0 Å². The number of rotatable bonds is 6. The Morgan fingerprint density at radius 1 is 1.00 bits per heavy atom. The third-order valence-corrected chi connectivity index (χ3v) is 6.64. The largest absolute Gasteiger partial charge is 0.493 e. The van der Waals surface area contributed by atoms with E-state index in [1.54, 1.807) is 16.4 Å². The van der Waals surface area contributed by atoms with Crippen LogP contribution in [0.25, 0.3) is 10.8 Å².